The van der Waals surface area contributed by atoms with E-state index in [9.17, 15) is 5.11 Å². The average molecular weight is 300 g/mol. The molecule has 0 saturated heterocycles. The zero-order valence-corrected chi connectivity index (χ0v) is 13.0. The number of nitrogens with one attached hydrogen (secondary N) is 2. The van der Waals surface area contributed by atoms with Crippen molar-refractivity contribution in [2.24, 2.45) is 17.8 Å². The number of hydrogen-bond acceptors (Lipinski definition) is 4. The highest BCUT2D eigenvalue weighted by atomic mass is 16.3. The van der Waals surface area contributed by atoms with E-state index in [4.69, 9.17) is 0 Å². The third-order valence-corrected chi connectivity index (χ3v) is 5.69. The molecule has 0 spiro atoms. The van der Waals surface area contributed by atoms with E-state index in [1.165, 1.54) is 18.4 Å². The summed E-state index contributed by atoms with van der Waals surface area (Å²) in [5.41, 5.74) is 2.19. The van der Waals surface area contributed by atoms with Gasteiger partial charge < -0.3 is 15.4 Å². The van der Waals surface area contributed by atoms with Crippen LogP contribution in [-0.2, 0) is 6.42 Å². The highest BCUT2D eigenvalue weighted by Crippen LogP contribution is 2.46. The fourth-order valence-electron chi connectivity index (χ4n) is 4.61. The van der Waals surface area contributed by atoms with Gasteiger partial charge in [0, 0.05) is 18.8 Å². The van der Waals surface area contributed by atoms with Gasteiger partial charge in [0.15, 0.2) is 0 Å². The van der Waals surface area contributed by atoms with Gasteiger partial charge >= 0.3 is 0 Å². The second-order valence-corrected chi connectivity index (χ2v) is 6.90. The monoisotopic (exact) mass is 300 g/mol. The van der Waals surface area contributed by atoms with Crippen molar-refractivity contribution in [3.63, 3.8) is 0 Å². The molecule has 4 atom stereocenters. The van der Waals surface area contributed by atoms with Crippen LogP contribution in [0.4, 0.5) is 5.82 Å². The van der Waals surface area contributed by atoms with E-state index in [1.54, 1.807) is 6.33 Å². The van der Waals surface area contributed by atoms with Gasteiger partial charge in [0.1, 0.15) is 17.8 Å². The van der Waals surface area contributed by atoms with Crippen LogP contribution >= 0.6 is 0 Å². The molecule has 0 aliphatic heterocycles. The number of hydrogen-bond donors (Lipinski definition) is 3. The van der Waals surface area contributed by atoms with Crippen LogP contribution in [0.15, 0.2) is 12.5 Å². The summed E-state index contributed by atoms with van der Waals surface area (Å²) in [4.78, 5) is 12.1. The van der Waals surface area contributed by atoms with Crippen LogP contribution in [0.1, 0.15) is 38.2 Å². The molecule has 2 fully saturated rings. The summed E-state index contributed by atoms with van der Waals surface area (Å²) in [5, 5.41) is 14.4. The Morgan fingerprint density at radius 1 is 1.27 bits per heavy atom. The van der Waals surface area contributed by atoms with Crippen molar-refractivity contribution in [3.05, 3.63) is 18.1 Å². The minimum atomic E-state index is 0.343. The summed E-state index contributed by atoms with van der Waals surface area (Å²) in [6.45, 7) is 2.50. The maximum Gasteiger partial charge on any atom is 0.143 e. The molecule has 3 N–H and O–H groups in total. The summed E-state index contributed by atoms with van der Waals surface area (Å²) in [5.74, 6) is 2.82. The molecule has 118 valence electrons. The van der Waals surface area contributed by atoms with E-state index < -0.39 is 0 Å². The topological polar surface area (TPSA) is 73.8 Å². The molecule has 2 unspecified atom stereocenters. The Bertz CT molecular complexity index is 654. The van der Waals surface area contributed by atoms with E-state index in [-0.39, 0.29) is 0 Å². The number of aromatic nitrogens is 3. The predicted molar refractivity (Wildman–Crippen MR) is 86.7 cm³/mol. The molecule has 2 aliphatic carbocycles. The number of fused-ring (bicyclic) bond motifs is 3. The van der Waals surface area contributed by atoms with Crippen molar-refractivity contribution >= 4 is 16.9 Å². The fourth-order valence-corrected chi connectivity index (χ4v) is 4.61. The first-order valence-electron chi connectivity index (χ1n) is 8.48. The minimum Gasteiger partial charge on any atom is -0.396 e. The number of aliphatic hydroxyl groups is 1. The maximum atomic E-state index is 9.47. The van der Waals surface area contributed by atoms with E-state index in [0.717, 1.165) is 36.1 Å². The summed E-state index contributed by atoms with van der Waals surface area (Å²) in [6, 6.07) is 0.500. The van der Waals surface area contributed by atoms with Gasteiger partial charge in [-0.1, -0.05) is 6.92 Å². The van der Waals surface area contributed by atoms with Crippen molar-refractivity contribution in [1.29, 1.82) is 0 Å². The van der Waals surface area contributed by atoms with Crippen molar-refractivity contribution < 1.29 is 5.11 Å². The molecule has 22 heavy (non-hydrogen) atoms. The molecule has 0 amide bonds. The Kier molecular flexibility index (Phi) is 3.53. The molecule has 2 aromatic heterocycles. The van der Waals surface area contributed by atoms with Gasteiger partial charge in [0.25, 0.3) is 0 Å². The summed E-state index contributed by atoms with van der Waals surface area (Å²) in [6.07, 6.45) is 9.51. The van der Waals surface area contributed by atoms with Gasteiger partial charge in [-0.15, -0.1) is 0 Å². The van der Waals surface area contributed by atoms with Crippen LogP contribution < -0.4 is 5.32 Å². The van der Waals surface area contributed by atoms with Gasteiger partial charge in [-0.3, -0.25) is 0 Å². The third-order valence-electron chi connectivity index (χ3n) is 5.69. The lowest BCUT2D eigenvalue weighted by molar-refractivity contribution is 0.148. The first-order chi connectivity index (χ1) is 10.8. The summed E-state index contributed by atoms with van der Waals surface area (Å²) in [7, 11) is 0. The molecular weight excluding hydrogens is 276 g/mol. The molecule has 0 radical (unpaired) electrons. The van der Waals surface area contributed by atoms with Gasteiger partial charge in [-0.2, -0.15) is 0 Å². The van der Waals surface area contributed by atoms with E-state index in [0.29, 0.717) is 30.4 Å². The summed E-state index contributed by atoms with van der Waals surface area (Å²) >= 11 is 0. The summed E-state index contributed by atoms with van der Waals surface area (Å²) < 4.78 is 0. The Balaban J connectivity index is 1.63. The van der Waals surface area contributed by atoms with Crippen LogP contribution in [-0.4, -0.2) is 32.7 Å². The molecule has 2 aliphatic rings. The number of anilines is 1. The largest absolute Gasteiger partial charge is 0.396 e. The van der Waals surface area contributed by atoms with Crippen molar-refractivity contribution in [2.75, 3.05) is 11.9 Å². The Labute approximate surface area is 130 Å². The highest BCUT2D eigenvalue weighted by Gasteiger charge is 2.42. The zero-order chi connectivity index (χ0) is 15.1. The number of H-pyrrole nitrogens is 1. The number of aliphatic hydroxyl groups excluding tert-OH is 1. The fraction of sp³-hybridized carbons (Fsp3) is 0.647. The highest BCUT2D eigenvalue weighted by molar-refractivity contribution is 5.90. The van der Waals surface area contributed by atoms with Crippen molar-refractivity contribution in [1.82, 2.24) is 15.0 Å². The lowest BCUT2D eigenvalue weighted by Crippen LogP contribution is -2.38. The third kappa shape index (κ3) is 2.19. The molecule has 2 saturated carbocycles. The normalized spacial score (nSPS) is 30.8. The standard InChI is InChI=1S/C17H24N4O/c1-2-11-7-18-16-14(11)17(20-9-19-16)21-15-12-3-4-13(15)6-10(5-12)8-22/h7,9-10,12-13,15,22H,2-6,8H2,1H3,(H2,18,19,20,21)/t10?,12-,13+,15?. The first kappa shape index (κ1) is 14.0. The van der Waals surface area contributed by atoms with Gasteiger partial charge in [-0.25, -0.2) is 9.97 Å². The van der Waals surface area contributed by atoms with Crippen LogP contribution in [0.3, 0.4) is 0 Å². The lowest BCUT2D eigenvalue weighted by atomic mass is 9.77. The van der Waals surface area contributed by atoms with Crippen LogP contribution in [0.2, 0.25) is 0 Å². The number of nitrogens with zero attached hydrogens (tertiary/aromatic N) is 2. The molecule has 5 nitrogen and oxygen atoms in total. The second-order valence-electron chi connectivity index (χ2n) is 6.90. The molecule has 2 bridgehead atoms. The number of aromatic amines is 1. The SMILES string of the molecule is CCc1c[nH]c2ncnc(NC3[C@@H]4CC[C@H]3CC(CO)C4)c12. The van der Waals surface area contributed by atoms with Crippen molar-refractivity contribution in [2.45, 2.75) is 45.1 Å². The quantitative estimate of drug-likeness (QED) is 0.811. The van der Waals surface area contributed by atoms with Crippen LogP contribution in [0, 0.1) is 17.8 Å². The molecule has 2 aromatic rings. The Morgan fingerprint density at radius 2 is 2.05 bits per heavy atom. The van der Waals surface area contributed by atoms with E-state index >= 15 is 0 Å². The molecule has 0 aromatic carbocycles. The average Bonchev–Trinajstić information content (AvgIpc) is 3.06. The van der Waals surface area contributed by atoms with Crippen molar-refractivity contribution in [3.8, 4) is 0 Å². The second kappa shape index (κ2) is 5.54. The van der Waals surface area contributed by atoms with Crippen LogP contribution in [0.5, 0.6) is 0 Å². The van der Waals surface area contributed by atoms with Gasteiger partial charge in [0.05, 0.1) is 5.39 Å². The number of aryl methyl sites for hydroxylation is 1. The van der Waals surface area contributed by atoms with E-state index in [2.05, 4.69) is 27.2 Å². The molecule has 5 heteroatoms. The Hall–Kier alpha value is -1.62. The molecular formula is C17H24N4O. The predicted octanol–water partition coefficient (Wildman–Crippen LogP) is 2.73. The molecule has 4 rings (SSSR count). The maximum absolute atomic E-state index is 9.47. The van der Waals surface area contributed by atoms with E-state index in [1.807, 2.05) is 6.20 Å². The zero-order valence-electron chi connectivity index (χ0n) is 13.0. The van der Waals surface area contributed by atoms with Crippen LogP contribution in [0.25, 0.3) is 11.0 Å². The lowest BCUT2D eigenvalue weighted by Gasteiger charge is -2.35. The van der Waals surface area contributed by atoms with Gasteiger partial charge in [-0.05, 0) is 55.4 Å². The van der Waals surface area contributed by atoms with Gasteiger partial charge in [0.2, 0.25) is 0 Å². The minimum absolute atomic E-state index is 0.343. The number of rotatable bonds is 4. The molecule has 2 heterocycles. The Morgan fingerprint density at radius 3 is 2.73 bits per heavy atom. The smallest absolute Gasteiger partial charge is 0.143 e. The first-order valence-corrected chi connectivity index (χ1v) is 8.48.